The SMILES string of the molecule is Cc1ccccc1C1=N/C(=C\c2cnn(C)c2)C(=O)O1. The van der Waals surface area contributed by atoms with Gasteiger partial charge < -0.3 is 4.74 Å². The summed E-state index contributed by atoms with van der Waals surface area (Å²) in [6, 6.07) is 7.66. The maximum absolute atomic E-state index is 11.8. The van der Waals surface area contributed by atoms with Crippen LogP contribution in [0.5, 0.6) is 0 Å². The molecule has 5 heteroatoms. The monoisotopic (exact) mass is 267 g/mol. The fraction of sp³-hybridized carbons (Fsp3) is 0.133. The van der Waals surface area contributed by atoms with E-state index in [1.165, 1.54) is 0 Å². The Balaban J connectivity index is 1.97. The minimum absolute atomic E-state index is 0.288. The van der Waals surface area contributed by atoms with Crippen molar-refractivity contribution in [2.45, 2.75) is 6.92 Å². The van der Waals surface area contributed by atoms with Crippen LogP contribution in [0.2, 0.25) is 0 Å². The van der Waals surface area contributed by atoms with Crippen LogP contribution in [0, 0.1) is 6.92 Å². The molecule has 1 aromatic heterocycles. The molecule has 0 N–H and O–H groups in total. The number of cyclic esters (lactones) is 1. The van der Waals surface area contributed by atoms with Gasteiger partial charge in [0.1, 0.15) is 0 Å². The summed E-state index contributed by atoms with van der Waals surface area (Å²) in [4.78, 5) is 16.1. The van der Waals surface area contributed by atoms with Crippen molar-refractivity contribution < 1.29 is 9.53 Å². The molecule has 5 nitrogen and oxygen atoms in total. The first kappa shape index (κ1) is 12.3. The zero-order chi connectivity index (χ0) is 14.1. The van der Waals surface area contributed by atoms with E-state index < -0.39 is 5.97 Å². The highest BCUT2D eigenvalue weighted by molar-refractivity contribution is 6.13. The highest BCUT2D eigenvalue weighted by atomic mass is 16.6. The number of ether oxygens (including phenoxy) is 1. The van der Waals surface area contributed by atoms with Gasteiger partial charge in [0.2, 0.25) is 5.90 Å². The van der Waals surface area contributed by atoms with Crippen molar-refractivity contribution in [1.82, 2.24) is 9.78 Å². The summed E-state index contributed by atoms with van der Waals surface area (Å²) in [6.45, 7) is 1.95. The summed E-state index contributed by atoms with van der Waals surface area (Å²) in [5.74, 6) is -0.0876. The predicted molar refractivity (Wildman–Crippen MR) is 75.0 cm³/mol. The van der Waals surface area contributed by atoms with Crippen molar-refractivity contribution in [3.63, 3.8) is 0 Å². The Morgan fingerprint density at radius 1 is 1.30 bits per heavy atom. The third kappa shape index (κ3) is 2.25. The van der Waals surface area contributed by atoms with Crippen LogP contribution in [0.15, 0.2) is 47.3 Å². The molecular weight excluding hydrogens is 254 g/mol. The Labute approximate surface area is 116 Å². The molecule has 0 unspecified atom stereocenters. The topological polar surface area (TPSA) is 56.5 Å². The van der Waals surface area contributed by atoms with Crippen LogP contribution >= 0.6 is 0 Å². The Morgan fingerprint density at radius 3 is 2.80 bits per heavy atom. The van der Waals surface area contributed by atoms with E-state index in [0.29, 0.717) is 5.90 Å². The Kier molecular flexibility index (Phi) is 2.95. The van der Waals surface area contributed by atoms with E-state index in [-0.39, 0.29) is 5.70 Å². The number of esters is 1. The van der Waals surface area contributed by atoms with Gasteiger partial charge in [0, 0.05) is 24.4 Å². The molecule has 0 spiro atoms. The Hall–Kier alpha value is -2.69. The number of nitrogens with zero attached hydrogens (tertiary/aromatic N) is 3. The number of hydrogen-bond donors (Lipinski definition) is 0. The van der Waals surface area contributed by atoms with Crippen LogP contribution < -0.4 is 0 Å². The quantitative estimate of drug-likeness (QED) is 0.618. The first-order valence-electron chi connectivity index (χ1n) is 6.21. The van der Waals surface area contributed by atoms with Gasteiger partial charge >= 0.3 is 5.97 Å². The van der Waals surface area contributed by atoms with Crippen LogP contribution in [0.4, 0.5) is 0 Å². The van der Waals surface area contributed by atoms with Gasteiger partial charge in [0.05, 0.1) is 6.20 Å². The number of rotatable bonds is 2. The van der Waals surface area contributed by atoms with Gasteiger partial charge in [-0.3, -0.25) is 4.68 Å². The zero-order valence-corrected chi connectivity index (χ0v) is 11.2. The molecule has 1 aromatic carbocycles. The second-order valence-electron chi connectivity index (χ2n) is 4.60. The molecule has 0 saturated heterocycles. The summed E-state index contributed by atoms with van der Waals surface area (Å²) < 4.78 is 6.90. The Bertz CT molecular complexity index is 741. The third-order valence-corrected chi connectivity index (χ3v) is 3.02. The summed E-state index contributed by atoms with van der Waals surface area (Å²) in [7, 11) is 1.82. The number of aryl methyl sites for hydroxylation is 2. The van der Waals surface area contributed by atoms with E-state index >= 15 is 0 Å². The summed E-state index contributed by atoms with van der Waals surface area (Å²) in [5.41, 5.74) is 2.95. The molecule has 100 valence electrons. The molecule has 0 amide bonds. The second kappa shape index (κ2) is 4.77. The van der Waals surface area contributed by atoms with Gasteiger partial charge in [-0.05, 0) is 24.6 Å². The van der Waals surface area contributed by atoms with Crippen molar-refractivity contribution in [3.05, 3.63) is 59.0 Å². The molecule has 2 heterocycles. The smallest absolute Gasteiger partial charge is 0.363 e. The van der Waals surface area contributed by atoms with Crippen molar-refractivity contribution in [2.75, 3.05) is 0 Å². The average molecular weight is 267 g/mol. The van der Waals surface area contributed by atoms with E-state index in [4.69, 9.17) is 4.74 Å². The standard InChI is InChI=1S/C15H13N3O2/c1-10-5-3-4-6-12(10)14-17-13(15(19)20-14)7-11-8-16-18(2)9-11/h3-9H,1-2H3/b13-7-. The van der Waals surface area contributed by atoms with Crippen LogP contribution in [-0.2, 0) is 16.6 Å². The van der Waals surface area contributed by atoms with E-state index in [1.807, 2.05) is 44.4 Å². The van der Waals surface area contributed by atoms with Crippen molar-refractivity contribution >= 4 is 17.9 Å². The average Bonchev–Trinajstić information content (AvgIpc) is 2.98. The summed E-state index contributed by atoms with van der Waals surface area (Å²) in [6.07, 6.45) is 5.14. The van der Waals surface area contributed by atoms with E-state index in [9.17, 15) is 4.79 Å². The molecule has 0 atom stereocenters. The molecule has 0 saturated carbocycles. The first-order valence-corrected chi connectivity index (χ1v) is 6.21. The lowest BCUT2D eigenvalue weighted by Gasteiger charge is -2.02. The molecule has 0 bridgehead atoms. The lowest BCUT2D eigenvalue weighted by atomic mass is 10.1. The maximum Gasteiger partial charge on any atom is 0.363 e. The molecule has 1 aliphatic rings. The minimum atomic E-state index is -0.438. The molecule has 0 aliphatic carbocycles. The zero-order valence-electron chi connectivity index (χ0n) is 11.2. The number of carbonyl (C=O) groups is 1. The first-order chi connectivity index (χ1) is 9.63. The van der Waals surface area contributed by atoms with E-state index in [1.54, 1.807) is 17.0 Å². The van der Waals surface area contributed by atoms with Crippen LogP contribution in [0.3, 0.4) is 0 Å². The maximum atomic E-state index is 11.8. The number of benzene rings is 1. The lowest BCUT2D eigenvalue weighted by Crippen LogP contribution is -2.06. The fourth-order valence-electron chi connectivity index (χ4n) is 2.01. The van der Waals surface area contributed by atoms with Crippen molar-refractivity contribution in [3.8, 4) is 0 Å². The number of aromatic nitrogens is 2. The summed E-state index contributed by atoms with van der Waals surface area (Å²) in [5, 5.41) is 4.05. The Morgan fingerprint density at radius 2 is 2.10 bits per heavy atom. The van der Waals surface area contributed by atoms with Gasteiger partial charge in [-0.1, -0.05) is 18.2 Å². The van der Waals surface area contributed by atoms with Gasteiger partial charge in [-0.15, -0.1) is 0 Å². The van der Waals surface area contributed by atoms with Gasteiger partial charge in [0.15, 0.2) is 5.70 Å². The van der Waals surface area contributed by atoms with Gasteiger partial charge in [0.25, 0.3) is 0 Å². The fourth-order valence-corrected chi connectivity index (χ4v) is 2.01. The van der Waals surface area contributed by atoms with Gasteiger partial charge in [-0.2, -0.15) is 5.10 Å². The third-order valence-electron chi connectivity index (χ3n) is 3.02. The predicted octanol–water partition coefficient (Wildman–Crippen LogP) is 2.07. The van der Waals surface area contributed by atoms with Crippen molar-refractivity contribution in [2.24, 2.45) is 12.0 Å². The van der Waals surface area contributed by atoms with Crippen LogP contribution in [0.1, 0.15) is 16.7 Å². The van der Waals surface area contributed by atoms with Gasteiger partial charge in [-0.25, -0.2) is 9.79 Å². The van der Waals surface area contributed by atoms with Crippen LogP contribution in [-0.4, -0.2) is 21.6 Å². The number of hydrogen-bond acceptors (Lipinski definition) is 4. The minimum Gasteiger partial charge on any atom is -0.402 e. The molecule has 3 rings (SSSR count). The molecular formula is C15H13N3O2. The lowest BCUT2D eigenvalue weighted by molar-refractivity contribution is -0.129. The van der Waals surface area contributed by atoms with E-state index in [0.717, 1.165) is 16.7 Å². The van der Waals surface area contributed by atoms with Crippen LogP contribution in [0.25, 0.3) is 6.08 Å². The summed E-state index contributed by atoms with van der Waals surface area (Å²) >= 11 is 0. The normalized spacial score (nSPS) is 16.4. The van der Waals surface area contributed by atoms with Crippen molar-refractivity contribution in [1.29, 1.82) is 0 Å². The molecule has 1 aliphatic heterocycles. The molecule has 0 radical (unpaired) electrons. The largest absolute Gasteiger partial charge is 0.402 e. The molecule has 2 aromatic rings. The molecule has 0 fully saturated rings. The number of carbonyl (C=O) groups excluding carboxylic acids is 1. The second-order valence-corrected chi connectivity index (χ2v) is 4.60. The van der Waals surface area contributed by atoms with E-state index in [2.05, 4.69) is 10.1 Å². The molecule has 20 heavy (non-hydrogen) atoms. The number of aliphatic imine (C=N–C) groups is 1. The highest BCUT2D eigenvalue weighted by Crippen LogP contribution is 2.20. The highest BCUT2D eigenvalue weighted by Gasteiger charge is 2.24.